The molecular formula is C23H29NO. The van der Waals surface area contributed by atoms with Crippen molar-refractivity contribution in [1.29, 1.82) is 0 Å². The minimum atomic E-state index is 0.708. The molecule has 0 aromatic heterocycles. The van der Waals surface area contributed by atoms with E-state index in [0.717, 1.165) is 25.0 Å². The Kier molecular flexibility index (Phi) is 6.67. The van der Waals surface area contributed by atoms with Crippen LogP contribution < -0.4 is 0 Å². The molecule has 1 aliphatic rings. The van der Waals surface area contributed by atoms with Crippen molar-refractivity contribution >= 4 is 5.71 Å². The van der Waals surface area contributed by atoms with Gasteiger partial charge in [0.25, 0.3) is 0 Å². The smallest absolute Gasteiger partial charge is 0.117 e. The fraction of sp³-hybridized carbons (Fsp3) is 0.435. The second-order valence-corrected chi connectivity index (χ2v) is 6.86. The average molecular weight is 335 g/mol. The van der Waals surface area contributed by atoms with Crippen molar-refractivity contribution in [2.75, 3.05) is 6.61 Å². The van der Waals surface area contributed by atoms with Crippen molar-refractivity contribution in [2.24, 2.45) is 5.16 Å². The van der Waals surface area contributed by atoms with Crippen LogP contribution in [0.5, 0.6) is 0 Å². The van der Waals surface area contributed by atoms with Crippen molar-refractivity contribution in [1.82, 2.24) is 0 Å². The van der Waals surface area contributed by atoms with E-state index in [4.69, 9.17) is 4.84 Å². The Labute approximate surface area is 151 Å². The molecule has 0 atom stereocenters. The van der Waals surface area contributed by atoms with Crippen LogP contribution in [-0.4, -0.2) is 12.3 Å². The third-order valence-electron chi connectivity index (χ3n) is 4.95. The van der Waals surface area contributed by atoms with Crippen LogP contribution in [0.4, 0.5) is 0 Å². The first-order chi connectivity index (χ1) is 12.4. The van der Waals surface area contributed by atoms with Gasteiger partial charge >= 0.3 is 0 Å². The Morgan fingerprint density at radius 2 is 1.32 bits per heavy atom. The lowest BCUT2D eigenvalue weighted by atomic mass is 9.98. The van der Waals surface area contributed by atoms with Gasteiger partial charge in [-0.25, -0.2) is 0 Å². The quantitative estimate of drug-likeness (QED) is 0.434. The molecule has 132 valence electrons. The summed E-state index contributed by atoms with van der Waals surface area (Å²) in [7, 11) is 0. The molecule has 0 fully saturated rings. The van der Waals surface area contributed by atoms with E-state index in [2.05, 4.69) is 60.6 Å². The summed E-state index contributed by atoms with van der Waals surface area (Å²) in [6.07, 6.45) is 9.72. The molecule has 0 saturated heterocycles. The van der Waals surface area contributed by atoms with Crippen molar-refractivity contribution in [3.8, 4) is 0 Å². The van der Waals surface area contributed by atoms with Crippen LogP contribution in [0.3, 0.4) is 0 Å². The van der Waals surface area contributed by atoms with Gasteiger partial charge in [0.15, 0.2) is 0 Å². The van der Waals surface area contributed by atoms with Gasteiger partial charge in [-0.2, -0.15) is 0 Å². The molecule has 0 bridgehead atoms. The maximum atomic E-state index is 5.74. The predicted octanol–water partition coefficient (Wildman–Crippen LogP) is 5.91. The van der Waals surface area contributed by atoms with Gasteiger partial charge in [-0.3, -0.25) is 0 Å². The van der Waals surface area contributed by atoms with E-state index in [-0.39, 0.29) is 0 Å². The van der Waals surface area contributed by atoms with Crippen molar-refractivity contribution in [3.63, 3.8) is 0 Å². The van der Waals surface area contributed by atoms with Gasteiger partial charge in [-0.15, -0.1) is 0 Å². The lowest BCUT2D eigenvalue weighted by molar-refractivity contribution is 0.140. The zero-order valence-electron chi connectivity index (χ0n) is 15.3. The van der Waals surface area contributed by atoms with Crippen molar-refractivity contribution < 1.29 is 4.84 Å². The molecule has 0 spiro atoms. The Morgan fingerprint density at radius 3 is 1.96 bits per heavy atom. The number of aryl methyl sites for hydroxylation is 2. The third kappa shape index (κ3) is 4.72. The molecule has 1 aliphatic carbocycles. The van der Waals surface area contributed by atoms with Crippen LogP contribution in [0.15, 0.2) is 53.7 Å². The highest BCUT2D eigenvalue weighted by Crippen LogP contribution is 2.25. The molecule has 0 N–H and O–H groups in total. The lowest BCUT2D eigenvalue weighted by Gasteiger charge is -2.10. The standard InChI is InChI=1S/C23H29NO/c1-2-3-4-5-6-11-18-25-24-23-21-14-9-7-12-19(21)16-17-20-13-8-10-15-22(20)23/h7-10,12-15H,2-6,11,16-18H2,1H3. The highest BCUT2D eigenvalue weighted by Gasteiger charge is 2.19. The van der Waals surface area contributed by atoms with E-state index in [0.29, 0.717) is 6.61 Å². The Balaban J connectivity index is 1.69. The monoisotopic (exact) mass is 335 g/mol. The molecule has 2 heteroatoms. The highest BCUT2D eigenvalue weighted by molar-refractivity contribution is 6.14. The first-order valence-corrected chi connectivity index (χ1v) is 9.76. The molecule has 0 aliphatic heterocycles. The Hall–Kier alpha value is -2.09. The van der Waals surface area contributed by atoms with Crippen LogP contribution in [-0.2, 0) is 17.7 Å². The molecule has 3 rings (SSSR count). The number of benzene rings is 2. The van der Waals surface area contributed by atoms with E-state index >= 15 is 0 Å². The normalized spacial score (nSPS) is 12.9. The molecule has 2 aromatic carbocycles. The van der Waals surface area contributed by atoms with Crippen molar-refractivity contribution in [2.45, 2.75) is 58.3 Å². The van der Waals surface area contributed by atoms with Gasteiger partial charge in [0.1, 0.15) is 12.3 Å². The number of unbranched alkanes of at least 4 members (excludes halogenated alkanes) is 5. The first-order valence-electron chi connectivity index (χ1n) is 9.76. The van der Waals surface area contributed by atoms with E-state index in [1.807, 2.05) is 0 Å². The van der Waals surface area contributed by atoms with Gasteiger partial charge in [0.2, 0.25) is 0 Å². The number of rotatable bonds is 8. The maximum absolute atomic E-state index is 5.74. The number of oxime groups is 1. The molecule has 0 unspecified atom stereocenters. The summed E-state index contributed by atoms with van der Waals surface area (Å²) < 4.78 is 0. The van der Waals surface area contributed by atoms with Crippen LogP contribution in [0.2, 0.25) is 0 Å². The molecule has 0 saturated carbocycles. The van der Waals surface area contributed by atoms with E-state index in [1.165, 1.54) is 54.4 Å². The predicted molar refractivity (Wildman–Crippen MR) is 105 cm³/mol. The fourth-order valence-corrected chi connectivity index (χ4v) is 3.51. The average Bonchev–Trinajstić information content (AvgIpc) is 2.81. The second kappa shape index (κ2) is 9.41. The third-order valence-corrected chi connectivity index (χ3v) is 4.95. The molecular weight excluding hydrogens is 306 g/mol. The number of fused-ring (bicyclic) bond motifs is 2. The Bertz CT molecular complexity index is 655. The molecule has 25 heavy (non-hydrogen) atoms. The van der Waals surface area contributed by atoms with Gasteiger partial charge < -0.3 is 4.84 Å². The molecule has 0 amide bonds. The van der Waals surface area contributed by atoms with E-state index in [9.17, 15) is 0 Å². The van der Waals surface area contributed by atoms with E-state index in [1.54, 1.807) is 0 Å². The SMILES string of the molecule is CCCCCCCCON=C1c2ccccc2CCc2ccccc21. The Morgan fingerprint density at radius 1 is 0.760 bits per heavy atom. The van der Waals surface area contributed by atoms with Gasteiger partial charge in [0, 0.05) is 11.1 Å². The number of nitrogens with zero attached hydrogens (tertiary/aromatic N) is 1. The van der Waals surface area contributed by atoms with Crippen molar-refractivity contribution in [3.05, 3.63) is 70.8 Å². The summed E-state index contributed by atoms with van der Waals surface area (Å²) in [6.45, 7) is 2.96. The number of hydrogen-bond acceptors (Lipinski definition) is 2. The summed E-state index contributed by atoms with van der Waals surface area (Å²) in [4.78, 5) is 5.74. The first kappa shape index (κ1) is 17.7. The van der Waals surface area contributed by atoms with Gasteiger partial charge in [-0.1, -0.05) is 86.3 Å². The van der Waals surface area contributed by atoms with Gasteiger partial charge in [0.05, 0.1) is 0 Å². The van der Waals surface area contributed by atoms with Crippen LogP contribution >= 0.6 is 0 Å². The summed E-state index contributed by atoms with van der Waals surface area (Å²) in [5, 5.41) is 4.58. The summed E-state index contributed by atoms with van der Waals surface area (Å²) in [6, 6.07) is 17.2. The molecule has 2 aromatic rings. The molecule has 0 radical (unpaired) electrons. The topological polar surface area (TPSA) is 21.6 Å². The summed E-state index contributed by atoms with van der Waals surface area (Å²) in [5.41, 5.74) is 6.15. The van der Waals surface area contributed by atoms with Crippen LogP contribution in [0.25, 0.3) is 0 Å². The number of hydrogen-bond donors (Lipinski definition) is 0. The van der Waals surface area contributed by atoms with Crippen LogP contribution in [0, 0.1) is 0 Å². The lowest BCUT2D eigenvalue weighted by Crippen LogP contribution is -2.07. The zero-order chi connectivity index (χ0) is 17.3. The van der Waals surface area contributed by atoms with E-state index < -0.39 is 0 Å². The highest BCUT2D eigenvalue weighted by atomic mass is 16.6. The summed E-state index contributed by atoms with van der Waals surface area (Å²) in [5.74, 6) is 0. The molecule has 0 heterocycles. The van der Waals surface area contributed by atoms with Gasteiger partial charge in [-0.05, 0) is 36.8 Å². The minimum Gasteiger partial charge on any atom is -0.395 e. The summed E-state index contributed by atoms with van der Waals surface area (Å²) >= 11 is 0. The molecule has 2 nitrogen and oxygen atoms in total. The largest absolute Gasteiger partial charge is 0.395 e. The minimum absolute atomic E-state index is 0.708. The van der Waals surface area contributed by atoms with Crippen LogP contribution in [0.1, 0.15) is 67.7 Å². The second-order valence-electron chi connectivity index (χ2n) is 6.86. The maximum Gasteiger partial charge on any atom is 0.117 e. The zero-order valence-corrected chi connectivity index (χ0v) is 15.3. The fourth-order valence-electron chi connectivity index (χ4n) is 3.51.